The Labute approximate surface area is 106 Å². The molecule has 18 heavy (non-hydrogen) atoms. The predicted molar refractivity (Wildman–Crippen MR) is 69.3 cm³/mol. The van der Waals surface area contributed by atoms with Gasteiger partial charge in [-0.25, -0.2) is 4.98 Å². The van der Waals surface area contributed by atoms with Crippen LogP contribution in [0, 0.1) is 0 Å². The smallest absolute Gasteiger partial charge is 0.137 e. The van der Waals surface area contributed by atoms with Crippen LogP contribution in [-0.2, 0) is 6.54 Å². The third-order valence-corrected chi connectivity index (χ3v) is 2.85. The molecule has 0 aliphatic rings. The normalized spacial score (nSPS) is 11.5. The summed E-state index contributed by atoms with van der Waals surface area (Å²) in [5.41, 5.74) is 1.91. The van der Waals surface area contributed by atoms with Crippen LogP contribution in [0.5, 0.6) is 0 Å². The number of imidazole rings is 1. The molecule has 2 heterocycles. The lowest BCUT2D eigenvalue weighted by atomic mass is 10.3. The minimum atomic E-state index is 0.124. The number of rotatable bonds is 7. The Bertz CT molecular complexity index is 451. The van der Waals surface area contributed by atoms with Crippen LogP contribution in [0.3, 0.4) is 0 Å². The van der Waals surface area contributed by atoms with Gasteiger partial charge >= 0.3 is 0 Å². The zero-order valence-electron chi connectivity index (χ0n) is 10.4. The molecule has 0 bridgehead atoms. The SMILES string of the molecule is OCCCN(CCO)Cc1cn2ccccc2n1. The highest BCUT2D eigenvalue weighted by Crippen LogP contribution is 2.07. The molecule has 0 aliphatic carbocycles. The van der Waals surface area contributed by atoms with E-state index in [0.717, 1.165) is 17.9 Å². The number of aromatic nitrogens is 2. The molecule has 0 saturated carbocycles. The zero-order valence-corrected chi connectivity index (χ0v) is 10.4. The third kappa shape index (κ3) is 3.29. The van der Waals surface area contributed by atoms with E-state index in [-0.39, 0.29) is 13.2 Å². The van der Waals surface area contributed by atoms with E-state index in [1.807, 2.05) is 35.0 Å². The van der Waals surface area contributed by atoms with Gasteiger partial charge in [0, 0.05) is 38.6 Å². The standard InChI is InChI=1S/C13H19N3O2/c17-8-3-5-15(7-9-18)10-12-11-16-6-2-1-4-13(16)14-12/h1-2,4,6,11,17-18H,3,5,7-10H2. The Balaban J connectivity index is 2.05. The highest BCUT2D eigenvalue weighted by atomic mass is 16.3. The molecule has 2 aromatic rings. The molecule has 2 rings (SSSR count). The van der Waals surface area contributed by atoms with E-state index in [1.54, 1.807) is 0 Å². The molecule has 2 N–H and O–H groups in total. The van der Waals surface area contributed by atoms with Crippen LogP contribution in [-0.4, -0.2) is 50.8 Å². The Kier molecular flexibility index (Phi) is 4.69. The fourth-order valence-electron chi connectivity index (χ4n) is 2.00. The highest BCUT2D eigenvalue weighted by Gasteiger charge is 2.08. The molecule has 98 valence electrons. The maximum atomic E-state index is 9.02. The maximum absolute atomic E-state index is 9.02. The molecule has 5 heteroatoms. The summed E-state index contributed by atoms with van der Waals surface area (Å²) in [7, 11) is 0. The Morgan fingerprint density at radius 3 is 2.78 bits per heavy atom. The summed E-state index contributed by atoms with van der Waals surface area (Å²) in [5.74, 6) is 0. The van der Waals surface area contributed by atoms with Crippen molar-refractivity contribution in [2.24, 2.45) is 0 Å². The molecule has 0 saturated heterocycles. The Morgan fingerprint density at radius 1 is 1.17 bits per heavy atom. The van der Waals surface area contributed by atoms with Crippen molar-refractivity contribution in [2.75, 3.05) is 26.3 Å². The van der Waals surface area contributed by atoms with Gasteiger partial charge in [0.15, 0.2) is 0 Å². The van der Waals surface area contributed by atoms with Gasteiger partial charge in [-0.15, -0.1) is 0 Å². The Morgan fingerprint density at radius 2 is 2.06 bits per heavy atom. The van der Waals surface area contributed by atoms with Crippen molar-refractivity contribution in [1.82, 2.24) is 14.3 Å². The number of pyridine rings is 1. The van der Waals surface area contributed by atoms with Gasteiger partial charge in [0.25, 0.3) is 0 Å². The van der Waals surface area contributed by atoms with Crippen LogP contribution in [0.25, 0.3) is 5.65 Å². The van der Waals surface area contributed by atoms with Crippen molar-refractivity contribution >= 4 is 5.65 Å². The first-order valence-corrected chi connectivity index (χ1v) is 6.20. The topological polar surface area (TPSA) is 61.0 Å². The first-order valence-electron chi connectivity index (χ1n) is 6.20. The summed E-state index contributed by atoms with van der Waals surface area (Å²) >= 11 is 0. The van der Waals surface area contributed by atoms with Gasteiger partial charge in [-0.1, -0.05) is 6.07 Å². The summed E-state index contributed by atoms with van der Waals surface area (Å²) in [6, 6.07) is 5.90. The molecule has 0 atom stereocenters. The van der Waals surface area contributed by atoms with Crippen LogP contribution < -0.4 is 0 Å². The number of hydrogen-bond acceptors (Lipinski definition) is 4. The largest absolute Gasteiger partial charge is 0.396 e. The monoisotopic (exact) mass is 249 g/mol. The third-order valence-electron chi connectivity index (χ3n) is 2.85. The van der Waals surface area contributed by atoms with Crippen LogP contribution in [0.1, 0.15) is 12.1 Å². The summed E-state index contributed by atoms with van der Waals surface area (Å²) in [6.45, 7) is 2.37. The van der Waals surface area contributed by atoms with Gasteiger partial charge in [-0.05, 0) is 18.6 Å². The van der Waals surface area contributed by atoms with Gasteiger partial charge < -0.3 is 14.6 Å². The van der Waals surface area contributed by atoms with Gasteiger partial charge in [0.05, 0.1) is 12.3 Å². The average Bonchev–Trinajstić information content (AvgIpc) is 2.78. The fraction of sp³-hybridized carbons (Fsp3) is 0.462. The number of aliphatic hydroxyl groups excluding tert-OH is 2. The van der Waals surface area contributed by atoms with Gasteiger partial charge in [-0.3, -0.25) is 4.90 Å². The molecule has 0 unspecified atom stereocenters. The van der Waals surface area contributed by atoms with Crippen LogP contribution in [0.4, 0.5) is 0 Å². The second-order valence-electron chi connectivity index (χ2n) is 4.28. The molecule has 0 fully saturated rings. The summed E-state index contributed by atoms with van der Waals surface area (Å²) < 4.78 is 1.98. The minimum Gasteiger partial charge on any atom is -0.396 e. The summed E-state index contributed by atoms with van der Waals surface area (Å²) in [4.78, 5) is 6.62. The number of hydrogen-bond donors (Lipinski definition) is 2. The molecular weight excluding hydrogens is 230 g/mol. The second kappa shape index (κ2) is 6.49. The number of fused-ring (bicyclic) bond motifs is 1. The van der Waals surface area contributed by atoms with Crippen LogP contribution >= 0.6 is 0 Å². The first-order chi connectivity index (χ1) is 8.83. The first kappa shape index (κ1) is 13.0. The molecular formula is C13H19N3O2. The van der Waals surface area contributed by atoms with Crippen molar-refractivity contribution in [3.63, 3.8) is 0 Å². The lowest BCUT2D eigenvalue weighted by Crippen LogP contribution is -2.28. The molecule has 0 radical (unpaired) electrons. The molecule has 0 amide bonds. The summed E-state index contributed by atoms with van der Waals surface area (Å²) in [6.07, 6.45) is 4.68. The quantitative estimate of drug-likeness (QED) is 0.750. The molecule has 2 aromatic heterocycles. The van der Waals surface area contributed by atoms with Crippen molar-refractivity contribution in [1.29, 1.82) is 0 Å². The fourth-order valence-corrected chi connectivity index (χ4v) is 2.00. The average molecular weight is 249 g/mol. The van der Waals surface area contributed by atoms with E-state index in [2.05, 4.69) is 9.88 Å². The highest BCUT2D eigenvalue weighted by molar-refractivity contribution is 5.39. The van der Waals surface area contributed by atoms with E-state index in [9.17, 15) is 0 Å². The molecule has 0 spiro atoms. The van der Waals surface area contributed by atoms with Crippen LogP contribution in [0.2, 0.25) is 0 Å². The lowest BCUT2D eigenvalue weighted by Gasteiger charge is -2.19. The van der Waals surface area contributed by atoms with Crippen molar-refractivity contribution < 1.29 is 10.2 Å². The van der Waals surface area contributed by atoms with E-state index >= 15 is 0 Å². The molecule has 5 nitrogen and oxygen atoms in total. The second-order valence-corrected chi connectivity index (χ2v) is 4.28. The van der Waals surface area contributed by atoms with E-state index in [1.165, 1.54) is 0 Å². The predicted octanol–water partition coefficient (Wildman–Crippen LogP) is 0.511. The van der Waals surface area contributed by atoms with Crippen molar-refractivity contribution in [3.05, 3.63) is 36.3 Å². The van der Waals surface area contributed by atoms with Crippen LogP contribution in [0.15, 0.2) is 30.6 Å². The molecule has 0 aromatic carbocycles. The lowest BCUT2D eigenvalue weighted by molar-refractivity contribution is 0.173. The van der Waals surface area contributed by atoms with E-state index in [4.69, 9.17) is 10.2 Å². The summed E-state index contributed by atoms with van der Waals surface area (Å²) in [5, 5.41) is 17.9. The Hall–Kier alpha value is -1.43. The number of aliphatic hydroxyl groups is 2. The van der Waals surface area contributed by atoms with Crippen molar-refractivity contribution in [2.45, 2.75) is 13.0 Å². The van der Waals surface area contributed by atoms with E-state index in [0.29, 0.717) is 19.5 Å². The van der Waals surface area contributed by atoms with Gasteiger partial charge in [-0.2, -0.15) is 0 Å². The minimum absolute atomic E-state index is 0.124. The number of nitrogens with zero attached hydrogens (tertiary/aromatic N) is 3. The van der Waals surface area contributed by atoms with Crippen molar-refractivity contribution in [3.8, 4) is 0 Å². The molecule has 0 aliphatic heterocycles. The maximum Gasteiger partial charge on any atom is 0.137 e. The zero-order chi connectivity index (χ0) is 12.8. The van der Waals surface area contributed by atoms with E-state index < -0.39 is 0 Å². The van der Waals surface area contributed by atoms with Gasteiger partial charge in [0.2, 0.25) is 0 Å². The van der Waals surface area contributed by atoms with Gasteiger partial charge in [0.1, 0.15) is 5.65 Å².